The summed E-state index contributed by atoms with van der Waals surface area (Å²) in [7, 11) is 0. The van der Waals surface area contributed by atoms with E-state index in [4.69, 9.17) is 11.6 Å². The van der Waals surface area contributed by atoms with E-state index in [1.54, 1.807) is 34.1 Å². The molecule has 2 heterocycles. The quantitative estimate of drug-likeness (QED) is 0.902. The minimum absolute atomic E-state index is 0.0803. The maximum Gasteiger partial charge on any atom is 0.308 e. The number of hydrogen-bond acceptors (Lipinski definition) is 3. The zero-order chi connectivity index (χ0) is 17.4. The standard InChI is InChI=1S/C17H19ClN2O4/c1-10-7-19(9-12(10)17(23)24)16(22)11-6-15(21)20(8-11)14-5-3-2-4-13(14)18/h2-5,10-12H,6-9H2,1H3,(H,23,24)/t10-,11?,12-/m1/s1. The van der Waals surface area contributed by atoms with Gasteiger partial charge in [-0.05, 0) is 18.1 Å². The minimum Gasteiger partial charge on any atom is -0.481 e. The van der Waals surface area contributed by atoms with Gasteiger partial charge in [0.25, 0.3) is 0 Å². The lowest BCUT2D eigenvalue weighted by Gasteiger charge is -2.21. The van der Waals surface area contributed by atoms with Gasteiger partial charge in [-0.25, -0.2) is 0 Å². The van der Waals surface area contributed by atoms with E-state index in [-0.39, 0.29) is 37.2 Å². The van der Waals surface area contributed by atoms with Crippen molar-refractivity contribution in [2.75, 3.05) is 24.5 Å². The van der Waals surface area contributed by atoms with Crippen molar-refractivity contribution in [1.82, 2.24) is 4.90 Å². The van der Waals surface area contributed by atoms with E-state index in [9.17, 15) is 19.5 Å². The first-order valence-corrected chi connectivity index (χ1v) is 8.32. The first-order valence-electron chi connectivity index (χ1n) is 7.95. The second-order valence-electron chi connectivity index (χ2n) is 6.52. The van der Waals surface area contributed by atoms with Crippen molar-refractivity contribution >= 4 is 35.1 Å². The average molecular weight is 351 g/mol. The lowest BCUT2D eigenvalue weighted by atomic mass is 9.99. The van der Waals surface area contributed by atoms with Crippen molar-refractivity contribution in [1.29, 1.82) is 0 Å². The van der Waals surface area contributed by atoms with Gasteiger partial charge in [0.05, 0.1) is 22.5 Å². The fourth-order valence-corrected chi connectivity index (χ4v) is 3.74. The monoisotopic (exact) mass is 350 g/mol. The van der Waals surface area contributed by atoms with Gasteiger partial charge in [0.15, 0.2) is 0 Å². The SMILES string of the molecule is C[C@@H]1CN(C(=O)C2CC(=O)N(c3ccccc3Cl)C2)C[C@H]1C(=O)O. The third-order valence-corrected chi connectivity index (χ3v) is 5.18. The summed E-state index contributed by atoms with van der Waals surface area (Å²) >= 11 is 6.14. The van der Waals surface area contributed by atoms with Crippen LogP contribution in [-0.2, 0) is 14.4 Å². The number of carboxylic acids is 1. The Morgan fingerprint density at radius 1 is 1.21 bits per heavy atom. The fourth-order valence-electron chi connectivity index (χ4n) is 3.50. The molecule has 128 valence electrons. The van der Waals surface area contributed by atoms with Gasteiger partial charge in [-0.1, -0.05) is 30.7 Å². The van der Waals surface area contributed by atoms with Crippen LogP contribution in [0.1, 0.15) is 13.3 Å². The molecule has 1 aromatic rings. The number of carbonyl (C=O) groups excluding carboxylic acids is 2. The van der Waals surface area contributed by atoms with Crippen molar-refractivity contribution < 1.29 is 19.5 Å². The van der Waals surface area contributed by atoms with E-state index >= 15 is 0 Å². The molecule has 3 atom stereocenters. The maximum absolute atomic E-state index is 12.7. The summed E-state index contributed by atoms with van der Waals surface area (Å²) in [6, 6.07) is 7.04. The Morgan fingerprint density at radius 3 is 2.54 bits per heavy atom. The van der Waals surface area contributed by atoms with Gasteiger partial charge in [0.2, 0.25) is 11.8 Å². The maximum atomic E-state index is 12.7. The van der Waals surface area contributed by atoms with Crippen molar-refractivity contribution in [2.24, 2.45) is 17.8 Å². The predicted octanol–water partition coefficient (Wildman–Crippen LogP) is 1.87. The number of amides is 2. The number of anilines is 1. The van der Waals surface area contributed by atoms with Crippen LogP contribution in [0.3, 0.4) is 0 Å². The number of hydrogen-bond donors (Lipinski definition) is 1. The highest BCUT2D eigenvalue weighted by Crippen LogP contribution is 2.33. The molecule has 0 spiro atoms. The fraction of sp³-hybridized carbons (Fsp3) is 0.471. The molecule has 7 heteroatoms. The van der Waals surface area contributed by atoms with E-state index in [1.165, 1.54) is 0 Å². The normalized spacial score (nSPS) is 26.9. The van der Waals surface area contributed by atoms with Crippen LogP contribution in [0.4, 0.5) is 5.69 Å². The zero-order valence-electron chi connectivity index (χ0n) is 13.3. The van der Waals surface area contributed by atoms with Crippen molar-refractivity contribution in [2.45, 2.75) is 13.3 Å². The van der Waals surface area contributed by atoms with Crippen LogP contribution in [0, 0.1) is 17.8 Å². The lowest BCUT2D eigenvalue weighted by molar-refractivity contribution is -0.142. The predicted molar refractivity (Wildman–Crippen MR) is 88.8 cm³/mol. The van der Waals surface area contributed by atoms with Gasteiger partial charge >= 0.3 is 5.97 Å². The summed E-state index contributed by atoms with van der Waals surface area (Å²) in [5.41, 5.74) is 0.609. The van der Waals surface area contributed by atoms with Crippen LogP contribution >= 0.6 is 11.6 Å². The van der Waals surface area contributed by atoms with E-state index in [1.807, 2.05) is 6.92 Å². The van der Waals surface area contributed by atoms with Crippen LogP contribution in [0.5, 0.6) is 0 Å². The molecule has 0 radical (unpaired) electrons. The molecule has 6 nitrogen and oxygen atoms in total. The summed E-state index contributed by atoms with van der Waals surface area (Å²) in [4.78, 5) is 39.3. The molecule has 2 saturated heterocycles. The number of para-hydroxylation sites is 1. The van der Waals surface area contributed by atoms with Gasteiger partial charge in [-0.15, -0.1) is 0 Å². The molecule has 0 saturated carbocycles. The summed E-state index contributed by atoms with van der Waals surface area (Å²) in [6.07, 6.45) is 0.132. The second-order valence-corrected chi connectivity index (χ2v) is 6.93. The Morgan fingerprint density at radius 2 is 1.92 bits per heavy atom. The first-order chi connectivity index (χ1) is 11.4. The number of carbonyl (C=O) groups is 3. The molecule has 2 aliphatic heterocycles. The molecule has 2 fully saturated rings. The number of nitrogens with zero attached hydrogens (tertiary/aromatic N) is 2. The molecule has 2 amide bonds. The molecule has 1 aromatic carbocycles. The third-order valence-electron chi connectivity index (χ3n) is 4.86. The number of aliphatic carboxylic acids is 1. The van der Waals surface area contributed by atoms with Crippen molar-refractivity contribution in [3.63, 3.8) is 0 Å². The Hall–Kier alpha value is -2.08. The molecule has 1 N–H and O–H groups in total. The molecule has 3 rings (SSSR count). The van der Waals surface area contributed by atoms with Crippen LogP contribution in [0.25, 0.3) is 0 Å². The van der Waals surface area contributed by atoms with Gasteiger partial charge in [-0.2, -0.15) is 0 Å². The minimum atomic E-state index is -0.877. The van der Waals surface area contributed by atoms with Crippen molar-refractivity contribution in [3.8, 4) is 0 Å². The largest absolute Gasteiger partial charge is 0.481 e. The number of carboxylic acid groups (broad SMARTS) is 1. The number of halogens is 1. The Kier molecular flexibility index (Phi) is 4.49. The number of likely N-dealkylation sites (tertiary alicyclic amines) is 1. The smallest absolute Gasteiger partial charge is 0.308 e. The van der Waals surface area contributed by atoms with Crippen LogP contribution < -0.4 is 4.90 Å². The van der Waals surface area contributed by atoms with E-state index in [2.05, 4.69) is 0 Å². The molecule has 24 heavy (non-hydrogen) atoms. The second kappa shape index (κ2) is 6.43. The molecule has 1 unspecified atom stereocenters. The first kappa shape index (κ1) is 16.8. The summed E-state index contributed by atoms with van der Waals surface area (Å²) in [5, 5.41) is 9.67. The highest BCUT2D eigenvalue weighted by Gasteiger charge is 2.42. The van der Waals surface area contributed by atoms with Gasteiger partial charge in [0.1, 0.15) is 0 Å². The molecular formula is C17H19ClN2O4. The van der Waals surface area contributed by atoms with Gasteiger partial charge in [0, 0.05) is 26.1 Å². The highest BCUT2D eigenvalue weighted by molar-refractivity contribution is 6.33. The molecule has 0 aromatic heterocycles. The van der Waals surface area contributed by atoms with E-state index in [0.717, 1.165) is 0 Å². The summed E-state index contributed by atoms with van der Waals surface area (Å²) in [5.74, 6) is -2.22. The Labute approximate surface area is 145 Å². The molecular weight excluding hydrogens is 332 g/mol. The molecule has 0 bridgehead atoms. The third kappa shape index (κ3) is 2.98. The summed E-state index contributed by atoms with van der Waals surface area (Å²) in [6.45, 7) is 2.75. The van der Waals surface area contributed by atoms with E-state index in [0.29, 0.717) is 17.3 Å². The van der Waals surface area contributed by atoms with E-state index < -0.39 is 17.8 Å². The average Bonchev–Trinajstić information content (AvgIpc) is 3.10. The van der Waals surface area contributed by atoms with Gasteiger partial charge < -0.3 is 14.9 Å². The Balaban J connectivity index is 1.71. The highest BCUT2D eigenvalue weighted by atomic mass is 35.5. The number of benzene rings is 1. The van der Waals surface area contributed by atoms with Crippen LogP contribution in [0.15, 0.2) is 24.3 Å². The van der Waals surface area contributed by atoms with Gasteiger partial charge in [-0.3, -0.25) is 14.4 Å². The van der Waals surface area contributed by atoms with Crippen LogP contribution in [-0.4, -0.2) is 47.4 Å². The van der Waals surface area contributed by atoms with Crippen molar-refractivity contribution in [3.05, 3.63) is 29.3 Å². The molecule has 2 aliphatic rings. The van der Waals surface area contributed by atoms with Crippen LogP contribution in [0.2, 0.25) is 5.02 Å². The zero-order valence-corrected chi connectivity index (χ0v) is 14.1. The summed E-state index contributed by atoms with van der Waals surface area (Å²) < 4.78 is 0. The lowest BCUT2D eigenvalue weighted by Crippen LogP contribution is -2.36. The number of rotatable bonds is 3. The molecule has 0 aliphatic carbocycles. The topological polar surface area (TPSA) is 77.9 Å². The Bertz CT molecular complexity index is 693.